The van der Waals surface area contributed by atoms with Gasteiger partial charge in [0.25, 0.3) is 0 Å². The van der Waals surface area contributed by atoms with Gasteiger partial charge in [-0.3, -0.25) is 0 Å². The number of hydrogen-bond acceptors (Lipinski definition) is 2. The molecule has 0 aliphatic heterocycles. The van der Waals surface area contributed by atoms with Crippen LogP contribution < -0.4 is 10.1 Å². The zero-order chi connectivity index (χ0) is 15.4. The van der Waals surface area contributed by atoms with Crippen molar-refractivity contribution in [1.29, 1.82) is 0 Å². The van der Waals surface area contributed by atoms with Gasteiger partial charge in [-0.25, -0.2) is 0 Å². The van der Waals surface area contributed by atoms with Gasteiger partial charge in [0.2, 0.25) is 0 Å². The fraction of sp³-hybridized carbons (Fsp3) is 0.250. The molecule has 0 saturated carbocycles. The van der Waals surface area contributed by atoms with Gasteiger partial charge in [-0.1, -0.05) is 46.9 Å². The van der Waals surface area contributed by atoms with E-state index in [9.17, 15) is 0 Å². The topological polar surface area (TPSA) is 21.3 Å². The van der Waals surface area contributed by atoms with Crippen LogP contribution >= 0.6 is 34.8 Å². The largest absolute Gasteiger partial charge is 0.497 e. The molecule has 0 aliphatic carbocycles. The molecule has 112 valence electrons. The molecular weight excluding hydrogens is 329 g/mol. The third kappa shape index (κ3) is 4.04. The number of rotatable bonds is 5. The summed E-state index contributed by atoms with van der Waals surface area (Å²) in [7, 11) is 1.66. The van der Waals surface area contributed by atoms with Crippen molar-refractivity contribution in [1.82, 2.24) is 5.32 Å². The predicted octanol–water partition coefficient (Wildman–Crippen LogP) is 5.51. The summed E-state index contributed by atoms with van der Waals surface area (Å²) in [6.07, 6.45) is 0. The highest BCUT2D eigenvalue weighted by atomic mass is 35.5. The molecule has 2 nitrogen and oxygen atoms in total. The highest BCUT2D eigenvalue weighted by Crippen LogP contribution is 2.31. The fourth-order valence-electron chi connectivity index (χ4n) is 2.01. The minimum atomic E-state index is 0.131. The predicted molar refractivity (Wildman–Crippen MR) is 89.7 cm³/mol. The number of ether oxygens (including phenoxy) is 1. The average molecular weight is 345 g/mol. The number of nitrogens with one attached hydrogen (secondary N) is 1. The summed E-state index contributed by atoms with van der Waals surface area (Å²) >= 11 is 18.4. The highest BCUT2D eigenvalue weighted by Gasteiger charge is 2.12. The summed E-state index contributed by atoms with van der Waals surface area (Å²) in [6.45, 7) is 2.61. The van der Waals surface area contributed by atoms with E-state index in [0.717, 1.165) is 16.9 Å². The molecule has 0 bridgehead atoms. The molecule has 0 radical (unpaired) electrons. The van der Waals surface area contributed by atoms with E-state index in [1.807, 2.05) is 24.3 Å². The number of benzene rings is 2. The highest BCUT2D eigenvalue weighted by molar-refractivity contribution is 6.44. The smallest absolute Gasteiger partial charge is 0.119 e. The van der Waals surface area contributed by atoms with Crippen LogP contribution in [-0.2, 0) is 6.54 Å². The second kappa shape index (κ2) is 7.37. The maximum absolute atomic E-state index is 6.20. The maximum atomic E-state index is 6.20. The van der Waals surface area contributed by atoms with Gasteiger partial charge in [-0.2, -0.15) is 0 Å². The number of halogens is 3. The van der Waals surface area contributed by atoms with Crippen molar-refractivity contribution in [2.75, 3.05) is 7.11 Å². The molecule has 0 fully saturated rings. The van der Waals surface area contributed by atoms with Crippen molar-refractivity contribution < 1.29 is 4.74 Å². The summed E-state index contributed by atoms with van der Waals surface area (Å²) in [5.41, 5.74) is 1.93. The van der Waals surface area contributed by atoms with E-state index >= 15 is 0 Å². The normalized spacial score (nSPS) is 12.2. The molecule has 1 atom stereocenters. The van der Waals surface area contributed by atoms with Gasteiger partial charge >= 0.3 is 0 Å². The average Bonchev–Trinajstić information content (AvgIpc) is 2.51. The van der Waals surface area contributed by atoms with Gasteiger partial charge in [0.1, 0.15) is 5.75 Å². The van der Waals surface area contributed by atoms with Crippen molar-refractivity contribution in [3.63, 3.8) is 0 Å². The first-order valence-electron chi connectivity index (χ1n) is 6.52. The van der Waals surface area contributed by atoms with Gasteiger partial charge < -0.3 is 10.1 Å². The van der Waals surface area contributed by atoms with Crippen LogP contribution in [0.25, 0.3) is 0 Å². The maximum Gasteiger partial charge on any atom is 0.119 e. The van der Waals surface area contributed by atoms with Gasteiger partial charge in [0.15, 0.2) is 0 Å². The Balaban J connectivity index is 2.11. The molecule has 1 N–H and O–H groups in total. The third-order valence-corrected chi connectivity index (χ3v) is 4.52. The van der Waals surface area contributed by atoms with Crippen LogP contribution in [0, 0.1) is 0 Å². The minimum Gasteiger partial charge on any atom is -0.497 e. The van der Waals surface area contributed by atoms with Crippen LogP contribution in [0.4, 0.5) is 0 Å². The van der Waals surface area contributed by atoms with Gasteiger partial charge in [-0.05, 0) is 36.8 Å². The molecule has 0 heterocycles. The van der Waals surface area contributed by atoms with Crippen LogP contribution in [0.15, 0.2) is 36.4 Å². The van der Waals surface area contributed by atoms with Gasteiger partial charge in [-0.15, -0.1) is 0 Å². The number of methoxy groups -OCH3 is 1. The van der Waals surface area contributed by atoms with Crippen molar-refractivity contribution in [3.8, 4) is 5.75 Å². The van der Waals surface area contributed by atoms with Gasteiger partial charge in [0, 0.05) is 23.2 Å². The monoisotopic (exact) mass is 343 g/mol. The first kappa shape index (κ1) is 16.4. The molecule has 2 aromatic carbocycles. The van der Waals surface area contributed by atoms with Crippen LogP contribution in [0.1, 0.15) is 24.1 Å². The summed E-state index contributed by atoms with van der Waals surface area (Å²) in [5, 5.41) is 5.00. The molecule has 2 rings (SSSR count). The van der Waals surface area contributed by atoms with E-state index in [1.54, 1.807) is 19.2 Å². The molecule has 0 aromatic heterocycles. The van der Waals surface area contributed by atoms with Crippen molar-refractivity contribution in [3.05, 3.63) is 62.6 Å². The SMILES string of the molecule is COc1cccc([C@@H](C)NCc2c(Cl)ccc(Cl)c2Cl)c1. The Hall–Kier alpha value is -0.930. The van der Waals surface area contributed by atoms with Crippen LogP contribution in [0.2, 0.25) is 15.1 Å². The van der Waals surface area contributed by atoms with E-state index < -0.39 is 0 Å². The lowest BCUT2D eigenvalue weighted by molar-refractivity contribution is 0.413. The Morgan fingerprint density at radius 2 is 1.81 bits per heavy atom. The molecule has 21 heavy (non-hydrogen) atoms. The summed E-state index contributed by atoms with van der Waals surface area (Å²) in [5.74, 6) is 0.833. The molecule has 0 saturated heterocycles. The van der Waals surface area contributed by atoms with Gasteiger partial charge in [0.05, 0.1) is 17.2 Å². The van der Waals surface area contributed by atoms with E-state index in [1.165, 1.54) is 0 Å². The Bertz CT molecular complexity index is 631. The Labute approximate surface area is 140 Å². The Kier molecular flexibility index (Phi) is 5.77. The molecule has 0 amide bonds. The Morgan fingerprint density at radius 3 is 2.52 bits per heavy atom. The summed E-state index contributed by atoms with van der Waals surface area (Å²) in [4.78, 5) is 0. The number of hydrogen-bond donors (Lipinski definition) is 1. The lowest BCUT2D eigenvalue weighted by Crippen LogP contribution is -2.18. The van der Waals surface area contributed by atoms with E-state index in [0.29, 0.717) is 21.6 Å². The second-order valence-corrected chi connectivity index (χ2v) is 5.89. The molecule has 2 aromatic rings. The standard InChI is InChI=1S/C16H16Cl3NO/c1-10(11-4-3-5-12(8-11)21-2)20-9-13-14(17)6-7-15(18)16(13)19/h3-8,10,20H,9H2,1-2H3/t10-/m1/s1. The Morgan fingerprint density at radius 1 is 1.10 bits per heavy atom. The zero-order valence-electron chi connectivity index (χ0n) is 11.8. The second-order valence-electron chi connectivity index (χ2n) is 4.70. The third-order valence-electron chi connectivity index (χ3n) is 3.32. The minimum absolute atomic E-state index is 0.131. The fourth-order valence-corrected chi connectivity index (χ4v) is 2.70. The van der Waals surface area contributed by atoms with E-state index in [-0.39, 0.29) is 6.04 Å². The van der Waals surface area contributed by atoms with Crippen molar-refractivity contribution >= 4 is 34.8 Å². The van der Waals surface area contributed by atoms with Crippen molar-refractivity contribution in [2.24, 2.45) is 0 Å². The lowest BCUT2D eigenvalue weighted by Gasteiger charge is -2.17. The first-order chi connectivity index (χ1) is 10.0. The zero-order valence-corrected chi connectivity index (χ0v) is 14.1. The lowest BCUT2D eigenvalue weighted by atomic mass is 10.1. The molecule has 0 unspecified atom stereocenters. The summed E-state index contributed by atoms with van der Waals surface area (Å²) in [6, 6.07) is 11.5. The molecule has 0 spiro atoms. The first-order valence-corrected chi connectivity index (χ1v) is 7.66. The summed E-state index contributed by atoms with van der Waals surface area (Å²) < 4.78 is 5.23. The van der Waals surface area contributed by atoms with E-state index in [4.69, 9.17) is 39.5 Å². The molecular formula is C16H16Cl3NO. The van der Waals surface area contributed by atoms with E-state index in [2.05, 4.69) is 12.2 Å². The van der Waals surface area contributed by atoms with Crippen LogP contribution in [0.5, 0.6) is 5.75 Å². The molecule has 5 heteroatoms. The quantitative estimate of drug-likeness (QED) is 0.722. The van der Waals surface area contributed by atoms with Crippen molar-refractivity contribution in [2.45, 2.75) is 19.5 Å². The van der Waals surface area contributed by atoms with Crippen LogP contribution in [-0.4, -0.2) is 7.11 Å². The van der Waals surface area contributed by atoms with Crippen LogP contribution in [0.3, 0.4) is 0 Å². The molecule has 0 aliphatic rings.